The summed E-state index contributed by atoms with van der Waals surface area (Å²) in [6.45, 7) is 5.01. The van der Waals surface area contributed by atoms with Gasteiger partial charge in [-0.2, -0.15) is 0 Å². The van der Waals surface area contributed by atoms with Crippen LogP contribution >= 0.6 is 0 Å². The predicted octanol–water partition coefficient (Wildman–Crippen LogP) is 0.785. The zero-order valence-corrected chi connectivity index (χ0v) is 17.0. The van der Waals surface area contributed by atoms with Crippen LogP contribution in [0.15, 0.2) is 28.0 Å². The molecule has 3 rings (SSSR count). The number of hydrogen-bond acceptors (Lipinski definition) is 6. The van der Waals surface area contributed by atoms with E-state index in [1.165, 1.54) is 29.6 Å². The van der Waals surface area contributed by atoms with Gasteiger partial charge in [-0.25, -0.2) is 9.78 Å². The van der Waals surface area contributed by atoms with Gasteiger partial charge in [0.1, 0.15) is 6.54 Å². The molecule has 0 aliphatic carbocycles. The fourth-order valence-electron chi connectivity index (χ4n) is 3.19. The number of carbonyl (C=O) groups is 2. The van der Waals surface area contributed by atoms with E-state index in [0.717, 1.165) is 21.3 Å². The van der Waals surface area contributed by atoms with Gasteiger partial charge in [0.2, 0.25) is 5.78 Å². The first-order chi connectivity index (χ1) is 13.6. The Morgan fingerprint density at radius 1 is 1.00 bits per heavy atom. The van der Waals surface area contributed by atoms with Crippen molar-refractivity contribution in [3.05, 3.63) is 61.6 Å². The summed E-state index contributed by atoms with van der Waals surface area (Å²) < 4.78 is 8.60. The lowest BCUT2D eigenvalue weighted by Gasteiger charge is -2.10. The van der Waals surface area contributed by atoms with Gasteiger partial charge in [-0.05, 0) is 43.5 Å². The molecule has 2 aromatic heterocycles. The highest BCUT2D eigenvalue weighted by Gasteiger charge is 2.18. The Morgan fingerprint density at radius 3 is 2.34 bits per heavy atom. The number of fused-ring (bicyclic) bond motifs is 1. The highest BCUT2D eigenvalue weighted by atomic mass is 16.5. The molecule has 2 heterocycles. The molecule has 0 saturated carbocycles. The van der Waals surface area contributed by atoms with E-state index < -0.39 is 23.8 Å². The highest BCUT2D eigenvalue weighted by molar-refractivity contribution is 5.99. The number of esters is 1. The molecule has 0 spiro atoms. The van der Waals surface area contributed by atoms with Crippen LogP contribution in [0.2, 0.25) is 0 Å². The molecule has 1 aromatic carbocycles. The summed E-state index contributed by atoms with van der Waals surface area (Å²) >= 11 is 0. The molecule has 0 bridgehead atoms. The number of aromatic nitrogens is 4. The van der Waals surface area contributed by atoms with E-state index in [0.29, 0.717) is 5.56 Å². The van der Waals surface area contributed by atoms with Crippen molar-refractivity contribution in [2.24, 2.45) is 14.1 Å². The Hall–Kier alpha value is -3.49. The van der Waals surface area contributed by atoms with E-state index in [4.69, 9.17) is 4.74 Å². The molecular weight excluding hydrogens is 376 g/mol. The molecule has 9 heteroatoms. The van der Waals surface area contributed by atoms with Gasteiger partial charge in [-0.15, -0.1) is 0 Å². The average Bonchev–Trinajstić information content (AvgIpc) is 3.09. The van der Waals surface area contributed by atoms with Crippen molar-refractivity contribution in [1.29, 1.82) is 0 Å². The summed E-state index contributed by atoms with van der Waals surface area (Å²) in [5, 5.41) is 0. The van der Waals surface area contributed by atoms with Gasteiger partial charge < -0.3 is 9.30 Å². The van der Waals surface area contributed by atoms with Crippen LogP contribution in [-0.2, 0) is 30.2 Å². The minimum absolute atomic E-state index is 0.114. The van der Waals surface area contributed by atoms with Crippen LogP contribution < -0.4 is 11.2 Å². The van der Waals surface area contributed by atoms with E-state index >= 15 is 0 Å². The quantitative estimate of drug-likeness (QED) is 0.465. The molecule has 0 saturated heterocycles. The molecule has 3 aromatic rings. The third-order valence-corrected chi connectivity index (χ3v) is 5.02. The van der Waals surface area contributed by atoms with E-state index in [1.807, 2.05) is 26.8 Å². The normalized spacial score (nSPS) is 11.1. The molecular formula is C20H22N4O5. The van der Waals surface area contributed by atoms with Gasteiger partial charge in [0.05, 0.1) is 6.33 Å². The third kappa shape index (κ3) is 3.63. The second kappa shape index (κ2) is 7.50. The zero-order chi connectivity index (χ0) is 21.5. The number of hydrogen-bond donors (Lipinski definition) is 0. The molecule has 0 N–H and O–H groups in total. The molecule has 9 nitrogen and oxygen atoms in total. The van der Waals surface area contributed by atoms with E-state index in [2.05, 4.69) is 4.98 Å². The molecule has 0 amide bonds. The number of ether oxygens (including phenoxy) is 1. The highest BCUT2D eigenvalue weighted by Crippen LogP contribution is 2.16. The first kappa shape index (κ1) is 20.2. The van der Waals surface area contributed by atoms with Crippen LogP contribution in [0.25, 0.3) is 11.2 Å². The maximum Gasteiger partial charge on any atom is 0.332 e. The second-order valence-corrected chi connectivity index (χ2v) is 7.09. The molecule has 0 atom stereocenters. The standard InChI is InChI=1S/C20H22N4O5/c1-11-6-13(3)14(7-12(11)2)15(25)9-29-16(26)8-24-10-21-18-17(24)19(27)23(5)20(28)22(18)4/h6-7,10H,8-9H2,1-5H3. The van der Waals surface area contributed by atoms with Crippen LogP contribution in [0, 0.1) is 20.8 Å². The smallest absolute Gasteiger partial charge is 0.332 e. The summed E-state index contributed by atoms with van der Waals surface area (Å²) in [5.74, 6) is -0.984. The van der Waals surface area contributed by atoms with Crippen LogP contribution in [-0.4, -0.2) is 37.0 Å². The minimum Gasteiger partial charge on any atom is -0.456 e. The van der Waals surface area contributed by atoms with Gasteiger partial charge in [0.15, 0.2) is 17.8 Å². The molecule has 0 unspecified atom stereocenters. The van der Waals surface area contributed by atoms with E-state index in [9.17, 15) is 19.2 Å². The molecule has 0 aliphatic heterocycles. The number of nitrogens with zero attached hydrogens (tertiary/aromatic N) is 4. The lowest BCUT2D eigenvalue weighted by molar-refractivity contribution is -0.143. The number of imidazole rings is 1. The average molecular weight is 398 g/mol. The number of Topliss-reactive ketones (excluding diaryl/α,β-unsaturated/α-hetero) is 1. The Morgan fingerprint density at radius 2 is 1.66 bits per heavy atom. The van der Waals surface area contributed by atoms with Crippen molar-refractivity contribution in [1.82, 2.24) is 18.7 Å². The maximum absolute atomic E-state index is 12.4. The van der Waals surface area contributed by atoms with Crippen molar-refractivity contribution in [2.75, 3.05) is 6.61 Å². The van der Waals surface area contributed by atoms with Gasteiger partial charge in [0.25, 0.3) is 5.56 Å². The van der Waals surface area contributed by atoms with Crippen molar-refractivity contribution >= 4 is 22.9 Å². The number of benzene rings is 1. The summed E-state index contributed by atoms with van der Waals surface area (Å²) in [5.41, 5.74) is 2.61. The van der Waals surface area contributed by atoms with E-state index in [-0.39, 0.29) is 23.5 Å². The molecule has 0 aliphatic rings. The SMILES string of the molecule is Cc1cc(C)c(C(=O)COC(=O)Cn2cnc3c2c(=O)n(C)c(=O)n3C)cc1C. The van der Waals surface area contributed by atoms with Gasteiger partial charge >= 0.3 is 11.7 Å². The van der Waals surface area contributed by atoms with E-state index in [1.54, 1.807) is 6.07 Å². The van der Waals surface area contributed by atoms with Crippen LogP contribution in [0.4, 0.5) is 0 Å². The van der Waals surface area contributed by atoms with Crippen molar-refractivity contribution in [3.8, 4) is 0 Å². The monoisotopic (exact) mass is 398 g/mol. The molecule has 0 radical (unpaired) electrons. The zero-order valence-electron chi connectivity index (χ0n) is 17.0. The first-order valence-corrected chi connectivity index (χ1v) is 8.99. The third-order valence-electron chi connectivity index (χ3n) is 5.02. The molecule has 152 valence electrons. The first-order valence-electron chi connectivity index (χ1n) is 8.99. The number of carbonyl (C=O) groups excluding carboxylic acids is 2. The number of ketones is 1. The number of rotatable bonds is 5. The van der Waals surface area contributed by atoms with Crippen LogP contribution in [0.3, 0.4) is 0 Å². The van der Waals surface area contributed by atoms with Crippen molar-refractivity contribution in [2.45, 2.75) is 27.3 Å². The van der Waals surface area contributed by atoms with Crippen LogP contribution in [0.5, 0.6) is 0 Å². The molecule has 0 fully saturated rings. The van der Waals surface area contributed by atoms with Gasteiger partial charge in [-0.3, -0.25) is 23.5 Å². The van der Waals surface area contributed by atoms with Gasteiger partial charge in [-0.1, -0.05) is 6.07 Å². The number of aryl methyl sites for hydroxylation is 4. The Kier molecular flexibility index (Phi) is 5.23. The predicted molar refractivity (Wildman–Crippen MR) is 106 cm³/mol. The minimum atomic E-state index is -0.685. The van der Waals surface area contributed by atoms with Gasteiger partial charge in [0, 0.05) is 19.7 Å². The van der Waals surface area contributed by atoms with Crippen LogP contribution in [0.1, 0.15) is 27.0 Å². The fraction of sp³-hybridized carbons (Fsp3) is 0.350. The fourth-order valence-corrected chi connectivity index (χ4v) is 3.19. The summed E-state index contributed by atoms with van der Waals surface area (Å²) in [6.07, 6.45) is 1.29. The molecule has 29 heavy (non-hydrogen) atoms. The maximum atomic E-state index is 12.4. The Labute approximate surface area is 166 Å². The topological polar surface area (TPSA) is 105 Å². The second-order valence-electron chi connectivity index (χ2n) is 7.09. The summed E-state index contributed by atoms with van der Waals surface area (Å²) in [7, 11) is 2.84. The lowest BCUT2D eigenvalue weighted by atomic mass is 9.98. The summed E-state index contributed by atoms with van der Waals surface area (Å²) in [6, 6.07) is 3.70. The largest absolute Gasteiger partial charge is 0.456 e. The Bertz CT molecular complexity index is 1260. The van der Waals surface area contributed by atoms with Crippen molar-refractivity contribution < 1.29 is 14.3 Å². The Balaban J connectivity index is 1.77. The lowest BCUT2D eigenvalue weighted by Crippen LogP contribution is -2.37. The summed E-state index contributed by atoms with van der Waals surface area (Å²) in [4.78, 5) is 53.1. The van der Waals surface area contributed by atoms with Crippen molar-refractivity contribution in [3.63, 3.8) is 0 Å².